The maximum atomic E-state index is 13.1. The van der Waals surface area contributed by atoms with E-state index in [0.717, 1.165) is 5.01 Å². The zero-order valence-electron chi connectivity index (χ0n) is 14.7. The monoisotopic (exact) mass is 388 g/mol. The first-order valence-corrected chi connectivity index (χ1v) is 8.39. The number of hydrogen-bond donors (Lipinski definition) is 1. The molecule has 1 heterocycles. The summed E-state index contributed by atoms with van der Waals surface area (Å²) >= 11 is 5.91. The normalized spacial score (nSPS) is 18.8. The van der Waals surface area contributed by atoms with E-state index >= 15 is 0 Å². The quantitative estimate of drug-likeness (QED) is 0.813. The third-order valence-corrected chi connectivity index (χ3v) is 4.47. The molecular formula is C19H17ClN2O5. The Labute approximate surface area is 160 Å². The first-order chi connectivity index (χ1) is 12.9. The van der Waals surface area contributed by atoms with Gasteiger partial charge in [-0.2, -0.15) is 10.1 Å². The number of rotatable bonds is 4. The zero-order chi connectivity index (χ0) is 19.6. The molecule has 0 spiro atoms. The summed E-state index contributed by atoms with van der Waals surface area (Å²) in [6.07, 6.45) is -0.211. The van der Waals surface area contributed by atoms with Crippen LogP contribution in [0, 0.1) is 0 Å². The van der Waals surface area contributed by atoms with Crippen molar-refractivity contribution >= 4 is 29.2 Å². The van der Waals surface area contributed by atoms with Gasteiger partial charge in [-0.05, 0) is 30.3 Å². The predicted octanol–water partition coefficient (Wildman–Crippen LogP) is 2.57. The molecule has 0 radical (unpaired) electrons. The molecule has 0 bridgehead atoms. The van der Waals surface area contributed by atoms with Crippen molar-refractivity contribution in [3.8, 4) is 5.75 Å². The van der Waals surface area contributed by atoms with Crippen molar-refractivity contribution in [3.05, 3.63) is 64.7 Å². The fourth-order valence-electron chi connectivity index (χ4n) is 2.81. The van der Waals surface area contributed by atoms with Crippen LogP contribution in [0.15, 0.2) is 53.6 Å². The Morgan fingerprint density at radius 2 is 1.89 bits per heavy atom. The van der Waals surface area contributed by atoms with Crippen molar-refractivity contribution in [2.75, 3.05) is 14.2 Å². The highest BCUT2D eigenvalue weighted by Crippen LogP contribution is 2.37. The van der Waals surface area contributed by atoms with Crippen molar-refractivity contribution in [1.82, 2.24) is 5.01 Å². The van der Waals surface area contributed by atoms with E-state index in [-0.39, 0.29) is 17.7 Å². The summed E-state index contributed by atoms with van der Waals surface area (Å²) in [5.41, 5.74) is -1.30. The molecule has 0 aliphatic carbocycles. The minimum absolute atomic E-state index is 0.0637. The molecule has 1 aliphatic heterocycles. The summed E-state index contributed by atoms with van der Waals surface area (Å²) in [4.78, 5) is 25.0. The molecular weight excluding hydrogens is 372 g/mol. The SMILES string of the molecule is COC(=O)C1=NN(C(=O)c2cccc(OC)c2)C(O)(c2ccc(Cl)cc2)C1. The van der Waals surface area contributed by atoms with E-state index in [4.69, 9.17) is 21.1 Å². The summed E-state index contributed by atoms with van der Waals surface area (Å²) in [5, 5.41) is 16.7. The minimum Gasteiger partial charge on any atom is -0.497 e. The molecule has 3 rings (SSSR count). The van der Waals surface area contributed by atoms with Gasteiger partial charge in [0, 0.05) is 16.1 Å². The lowest BCUT2D eigenvalue weighted by molar-refractivity contribution is -0.133. The van der Waals surface area contributed by atoms with Gasteiger partial charge in [0.1, 0.15) is 5.75 Å². The van der Waals surface area contributed by atoms with Crippen molar-refractivity contribution in [3.63, 3.8) is 0 Å². The Morgan fingerprint density at radius 1 is 1.19 bits per heavy atom. The number of ether oxygens (including phenoxy) is 2. The zero-order valence-corrected chi connectivity index (χ0v) is 15.4. The number of carbonyl (C=O) groups excluding carboxylic acids is 2. The molecule has 2 aromatic rings. The molecule has 0 saturated heterocycles. The van der Waals surface area contributed by atoms with Crippen LogP contribution in [0.25, 0.3) is 0 Å². The fraction of sp³-hybridized carbons (Fsp3) is 0.211. The molecule has 1 aliphatic rings. The third kappa shape index (κ3) is 3.51. The number of halogens is 1. The number of hydrazone groups is 1. The Hall–Kier alpha value is -2.90. The van der Waals surface area contributed by atoms with E-state index in [9.17, 15) is 14.7 Å². The first-order valence-electron chi connectivity index (χ1n) is 8.02. The lowest BCUT2D eigenvalue weighted by Gasteiger charge is -2.31. The number of hydrogen-bond acceptors (Lipinski definition) is 6. The largest absolute Gasteiger partial charge is 0.497 e. The fourth-order valence-corrected chi connectivity index (χ4v) is 2.94. The molecule has 140 valence electrons. The van der Waals surface area contributed by atoms with Gasteiger partial charge >= 0.3 is 5.97 Å². The lowest BCUT2D eigenvalue weighted by Crippen LogP contribution is -2.43. The van der Waals surface area contributed by atoms with Crippen LogP contribution in [0.4, 0.5) is 0 Å². The molecule has 0 fully saturated rings. The molecule has 1 N–H and O–H groups in total. The number of nitrogens with zero attached hydrogens (tertiary/aromatic N) is 2. The molecule has 1 atom stereocenters. The standard InChI is InChI=1S/C19H17ClN2O5/c1-26-15-5-3-4-12(10-15)17(23)22-19(25,11-16(21-22)18(24)27-2)13-6-8-14(20)9-7-13/h3-10,25H,11H2,1-2H3. The van der Waals surface area contributed by atoms with Crippen LogP contribution in [0.2, 0.25) is 5.02 Å². The van der Waals surface area contributed by atoms with Gasteiger partial charge in [0.15, 0.2) is 11.4 Å². The molecule has 7 nitrogen and oxygen atoms in total. The van der Waals surface area contributed by atoms with Crippen molar-refractivity contribution in [1.29, 1.82) is 0 Å². The van der Waals surface area contributed by atoms with Crippen LogP contribution in [0.5, 0.6) is 5.75 Å². The second-order valence-electron chi connectivity index (χ2n) is 5.89. The van der Waals surface area contributed by atoms with Gasteiger partial charge in [0.2, 0.25) is 0 Å². The number of methoxy groups -OCH3 is 2. The van der Waals surface area contributed by atoms with Crippen LogP contribution >= 0.6 is 11.6 Å². The number of amides is 1. The highest BCUT2D eigenvalue weighted by atomic mass is 35.5. The third-order valence-electron chi connectivity index (χ3n) is 4.22. The van der Waals surface area contributed by atoms with E-state index in [1.165, 1.54) is 20.3 Å². The summed E-state index contributed by atoms with van der Waals surface area (Å²) in [6, 6.07) is 12.7. The van der Waals surface area contributed by atoms with Crippen LogP contribution in [-0.4, -0.2) is 41.9 Å². The van der Waals surface area contributed by atoms with Gasteiger partial charge < -0.3 is 14.6 Å². The number of benzene rings is 2. The van der Waals surface area contributed by atoms with Crippen molar-refractivity contribution in [2.24, 2.45) is 5.10 Å². The second kappa shape index (κ2) is 7.38. The predicted molar refractivity (Wildman–Crippen MR) is 98.6 cm³/mol. The molecule has 27 heavy (non-hydrogen) atoms. The van der Waals surface area contributed by atoms with Gasteiger partial charge in [-0.15, -0.1) is 0 Å². The molecule has 0 saturated carbocycles. The van der Waals surface area contributed by atoms with Crippen LogP contribution in [0.1, 0.15) is 22.3 Å². The molecule has 1 unspecified atom stereocenters. The van der Waals surface area contributed by atoms with Gasteiger partial charge in [-0.1, -0.05) is 29.8 Å². The van der Waals surface area contributed by atoms with E-state index in [0.29, 0.717) is 16.3 Å². The summed E-state index contributed by atoms with van der Waals surface area (Å²) in [6.45, 7) is 0. The first kappa shape index (κ1) is 18.9. The van der Waals surface area contributed by atoms with Crippen LogP contribution in [0.3, 0.4) is 0 Å². The Bertz CT molecular complexity index is 913. The summed E-state index contributed by atoms with van der Waals surface area (Å²) < 4.78 is 9.83. The average Bonchev–Trinajstić information content (AvgIpc) is 3.06. The topological polar surface area (TPSA) is 88.4 Å². The number of esters is 1. The summed E-state index contributed by atoms with van der Waals surface area (Å²) in [5.74, 6) is -0.833. The average molecular weight is 389 g/mol. The van der Waals surface area contributed by atoms with Crippen molar-refractivity contribution < 1.29 is 24.2 Å². The molecule has 2 aromatic carbocycles. The number of carbonyl (C=O) groups is 2. The van der Waals surface area contributed by atoms with Crippen LogP contribution < -0.4 is 4.74 Å². The lowest BCUT2D eigenvalue weighted by atomic mass is 9.96. The Morgan fingerprint density at radius 3 is 2.52 bits per heavy atom. The van der Waals surface area contributed by atoms with Gasteiger partial charge in [0.05, 0.1) is 20.6 Å². The van der Waals surface area contributed by atoms with E-state index < -0.39 is 17.6 Å². The smallest absolute Gasteiger partial charge is 0.354 e. The molecule has 1 amide bonds. The second-order valence-corrected chi connectivity index (χ2v) is 6.32. The molecule has 0 aromatic heterocycles. The highest BCUT2D eigenvalue weighted by Gasteiger charge is 2.48. The van der Waals surface area contributed by atoms with E-state index in [1.54, 1.807) is 42.5 Å². The van der Waals surface area contributed by atoms with Crippen molar-refractivity contribution in [2.45, 2.75) is 12.1 Å². The van der Waals surface area contributed by atoms with Gasteiger partial charge in [-0.3, -0.25) is 4.79 Å². The Balaban J connectivity index is 2.05. The Kier molecular flexibility index (Phi) is 5.16. The molecule has 8 heteroatoms. The van der Waals surface area contributed by atoms with Crippen LogP contribution in [-0.2, 0) is 15.3 Å². The van der Waals surface area contributed by atoms with E-state index in [1.807, 2.05) is 0 Å². The van der Waals surface area contributed by atoms with E-state index in [2.05, 4.69) is 5.10 Å². The maximum absolute atomic E-state index is 13.1. The highest BCUT2D eigenvalue weighted by molar-refractivity contribution is 6.37. The minimum atomic E-state index is -1.85. The van der Waals surface area contributed by atoms with Gasteiger partial charge in [0.25, 0.3) is 5.91 Å². The maximum Gasteiger partial charge on any atom is 0.354 e. The summed E-state index contributed by atoms with van der Waals surface area (Å²) in [7, 11) is 2.69. The van der Waals surface area contributed by atoms with Gasteiger partial charge in [-0.25, -0.2) is 4.79 Å². The number of aliphatic hydroxyl groups is 1.